The Bertz CT molecular complexity index is 1720. The molecule has 12 heteroatoms. The minimum absolute atomic E-state index is 0.00162. The molecule has 0 radical (unpaired) electrons. The Morgan fingerprint density at radius 2 is 1.85 bits per heavy atom. The molecule has 1 aliphatic rings. The normalized spacial score (nSPS) is 16.9. The van der Waals surface area contributed by atoms with Gasteiger partial charge in [-0.15, -0.1) is 0 Å². The quantitative estimate of drug-likeness (QED) is 0.260. The average molecular weight is 574 g/mol. The van der Waals surface area contributed by atoms with Gasteiger partial charge in [-0.1, -0.05) is 6.07 Å². The topological polar surface area (TPSA) is 156 Å². The summed E-state index contributed by atoms with van der Waals surface area (Å²) < 4.78 is 49.3. The zero-order valence-electron chi connectivity index (χ0n) is 22.2. The van der Waals surface area contributed by atoms with Crippen LogP contribution in [-0.2, 0) is 10.0 Å². The fourth-order valence-electron chi connectivity index (χ4n) is 4.62. The van der Waals surface area contributed by atoms with Gasteiger partial charge in [-0.05, 0) is 74.6 Å². The van der Waals surface area contributed by atoms with Gasteiger partial charge in [0.05, 0.1) is 33.5 Å². The molecule has 1 fully saturated rings. The van der Waals surface area contributed by atoms with Crippen molar-refractivity contribution in [1.82, 2.24) is 15.0 Å². The van der Waals surface area contributed by atoms with E-state index in [-0.39, 0.29) is 34.0 Å². The van der Waals surface area contributed by atoms with Crippen LogP contribution in [0.1, 0.15) is 36.8 Å². The number of pyridine rings is 1. The van der Waals surface area contributed by atoms with Gasteiger partial charge in [-0.25, -0.2) is 22.8 Å². The number of nitrogens with two attached hydrogens (primary N) is 1. The summed E-state index contributed by atoms with van der Waals surface area (Å²) in [6, 6.07) is 13.8. The summed E-state index contributed by atoms with van der Waals surface area (Å²) in [7, 11) is -4.07. The number of hydrogen-bond acceptors (Lipinski definition) is 9. The van der Waals surface area contributed by atoms with Gasteiger partial charge in [0.25, 0.3) is 10.0 Å². The maximum absolute atomic E-state index is 15.1. The van der Waals surface area contributed by atoms with Crippen LogP contribution < -0.4 is 20.5 Å². The molecule has 4 aromatic rings. The average Bonchev–Trinajstić information content (AvgIpc) is 2.96. The molecule has 210 valence electrons. The summed E-state index contributed by atoms with van der Waals surface area (Å²) in [6.07, 6.45) is 8.48. The third-order valence-corrected chi connectivity index (χ3v) is 8.35. The Morgan fingerprint density at radius 3 is 2.61 bits per heavy atom. The van der Waals surface area contributed by atoms with E-state index in [1.807, 2.05) is 6.07 Å². The molecular formula is C29H28FN7O3S. The molecule has 0 saturated heterocycles. The number of nitrogens with one attached hydrogen (secondary N) is 2. The van der Waals surface area contributed by atoms with Crippen molar-refractivity contribution >= 4 is 21.7 Å². The summed E-state index contributed by atoms with van der Waals surface area (Å²) in [6.45, 7) is 1.61. The summed E-state index contributed by atoms with van der Waals surface area (Å²) in [5, 5.41) is 12.5. The van der Waals surface area contributed by atoms with Crippen LogP contribution in [0.4, 0.5) is 16.0 Å². The molecule has 0 spiro atoms. The lowest BCUT2D eigenvalue weighted by molar-refractivity contribution is 0.410. The lowest BCUT2D eigenvalue weighted by Gasteiger charge is -2.26. The summed E-state index contributed by atoms with van der Waals surface area (Å²) in [4.78, 5) is 13.1. The van der Waals surface area contributed by atoms with Crippen LogP contribution in [0.25, 0.3) is 11.3 Å². The number of aromatic nitrogens is 3. The molecule has 4 N–H and O–H groups in total. The minimum Gasteiger partial charge on any atom is -0.453 e. The Morgan fingerprint density at radius 1 is 1.05 bits per heavy atom. The Kier molecular flexibility index (Phi) is 8.09. The number of halogens is 1. The van der Waals surface area contributed by atoms with E-state index in [4.69, 9.17) is 15.7 Å². The molecule has 0 unspecified atom stereocenters. The second-order valence-electron chi connectivity index (χ2n) is 9.84. The minimum atomic E-state index is -4.07. The third-order valence-electron chi connectivity index (χ3n) is 6.83. The van der Waals surface area contributed by atoms with E-state index in [9.17, 15) is 8.42 Å². The van der Waals surface area contributed by atoms with Gasteiger partial charge in [0.1, 0.15) is 5.75 Å². The lowest BCUT2D eigenvalue weighted by Crippen LogP contribution is -2.33. The van der Waals surface area contributed by atoms with Crippen molar-refractivity contribution in [3.8, 4) is 28.8 Å². The second-order valence-corrected chi connectivity index (χ2v) is 11.5. The van der Waals surface area contributed by atoms with Crippen molar-refractivity contribution in [3.05, 3.63) is 84.1 Å². The third kappa shape index (κ3) is 6.59. The molecule has 1 aliphatic carbocycles. The van der Waals surface area contributed by atoms with Crippen LogP contribution in [0.5, 0.6) is 11.5 Å². The van der Waals surface area contributed by atoms with Crippen molar-refractivity contribution in [2.45, 2.75) is 49.6 Å². The molecule has 10 nitrogen and oxygen atoms in total. The van der Waals surface area contributed by atoms with Crippen molar-refractivity contribution in [2.24, 2.45) is 5.73 Å². The zero-order valence-corrected chi connectivity index (χ0v) is 23.0. The molecule has 5 rings (SSSR count). The number of sulfonamides is 1. The van der Waals surface area contributed by atoms with Crippen LogP contribution in [0.2, 0.25) is 0 Å². The van der Waals surface area contributed by atoms with Gasteiger partial charge < -0.3 is 15.8 Å². The largest absolute Gasteiger partial charge is 0.453 e. The van der Waals surface area contributed by atoms with Crippen molar-refractivity contribution in [2.75, 3.05) is 10.0 Å². The molecule has 0 bridgehead atoms. The van der Waals surface area contributed by atoms with Gasteiger partial charge >= 0.3 is 0 Å². The van der Waals surface area contributed by atoms with E-state index < -0.39 is 15.8 Å². The molecule has 2 aromatic carbocycles. The van der Waals surface area contributed by atoms with Gasteiger partial charge in [0.2, 0.25) is 5.95 Å². The maximum atomic E-state index is 15.1. The van der Waals surface area contributed by atoms with Crippen molar-refractivity contribution < 1.29 is 17.5 Å². The SMILES string of the molecule is Cc1ccc(C#N)cc1S(=O)(=O)Nc1ccc(Oc2ccncc2-c2ccnc(NC3CCC(N)CC3)n2)c(F)c1. The van der Waals surface area contributed by atoms with E-state index in [0.29, 0.717) is 28.5 Å². The van der Waals surface area contributed by atoms with Gasteiger partial charge in [0.15, 0.2) is 11.6 Å². The highest BCUT2D eigenvalue weighted by Crippen LogP contribution is 2.34. The van der Waals surface area contributed by atoms with Crippen LogP contribution >= 0.6 is 0 Å². The fourth-order valence-corrected chi connectivity index (χ4v) is 5.94. The van der Waals surface area contributed by atoms with Crippen LogP contribution in [0.3, 0.4) is 0 Å². The number of anilines is 2. The Balaban J connectivity index is 1.34. The van der Waals surface area contributed by atoms with Gasteiger partial charge in [-0.2, -0.15) is 5.26 Å². The predicted octanol–water partition coefficient (Wildman–Crippen LogP) is 5.13. The first-order valence-corrected chi connectivity index (χ1v) is 14.5. The van der Waals surface area contributed by atoms with E-state index in [1.165, 1.54) is 30.5 Å². The first kappa shape index (κ1) is 27.9. The Labute approximate surface area is 237 Å². The molecule has 0 atom stereocenters. The molecule has 2 aromatic heterocycles. The van der Waals surface area contributed by atoms with Crippen molar-refractivity contribution in [1.29, 1.82) is 5.26 Å². The monoisotopic (exact) mass is 573 g/mol. The first-order chi connectivity index (χ1) is 19.7. The highest BCUT2D eigenvalue weighted by Gasteiger charge is 2.21. The molecular weight excluding hydrogens is 545 g/mol. The first-order valence-electron chi connectivity index (χ1n) is 13.0. The smallest absolute Gasteiger partial charge is 0.262 e. The number of nitrogens with zero attached hydrogens (tertiary/aromatic N) is 4. The molecule has 2 heterocycles. The molecule has 0 amide bonds. The van der Waals surface area contributed by atoms with E-state index in [0.717, 1.165) is 31.7 Å². The number of hydrogen-bond donors (Lipinski definition) is 3. The van der Waals surface area contributed by atoms with Gasteiger partial charge in [0, 0.05) is 36.7 Å². The van der Waals surface area contributed by atoms with Crippen LogP contribution in [0, 0.1) is 24.1 Å². The van der Waals surface area contributed by atoms with E-state index in [2.05, 4.69) is 25.0 Å². The Hall–Kier alpha value is -4.60. The van der Waals surface area contributed by atoms with Gasteiger partial charge in [-0.3, -0.25) is 9.71 Å². The summed E-state index contributed by atoms with van der Waals surface area (Å²) in [5.41, 5.74) is 7.73. The standard InChI is InChI=1S/C29H28FN7O3S/c1-18-2-3-19(16-31)14-28(18)41(38,39)37-22-8-9-27(24(30)15-22)40-26-11-12-33-17-23(26)25-10-13-34-29(36-25)35-21-6-4-20(32)5-7-21/h2-3,8-15,17,20-21,37H,4-7,32H2,1H3,(H,34,35,36). The van der Waals surface area contributed by atoms with Crippen LogP contribution in [-0.4, -0.2) is 35.5 Å². The van der Waals surface area contributed by atoms with E-state index >= 15 is 4.39 Å². The van der Waals surface area contributed by atoms with Crippen molar-refractivity contribution in [3.63, 3.8) is 0 Å². The summed E-state index contributed by atoms with van der Waals surface area (Å²) in [5.74, 6) is -0.120. The summed E-state index contributed by atoms with van der Waals surface area (Å²) >= 11 is 0. The molecule has 1 saturated carbocycles. The van der Waals surface area contributed by atoms with Crippen LogP contribution in [0.15, 0.2) is 72.0 Å². The predicted molar refractivity (Wildman–Crippen MR) is 152 cm³/mol. The highest BCUT2D eigenvalue weighted by atomic mass is 32.2. The number of ether oxygens (including phenoxy) is 1. The fraction of sp³-hybridized carbons (Fsp3) is 0.241. The number of nitriles is 1. The highest BCUT2D eigenvalue weighted by molar-refractivity contribution is 7.92. The number of aryl methyl sites for hydroxylation is 1. The lowest BCUT2D eigenvalue weighted by atomic mass is 9.92. The molecule has 41 heavy (non-hydrogen) atoms. The molecule has 0 aliphatic heterocycles. The van der Waals surface area contributed by atoms with E-state index in [1.54, 1.807) is 37.5 Å². The number of benzene rings is 2. The number of rotatable bonds is 8. The second kappa shape index (κ2) is 11.9. The zero-order chi connectivity index (χ0) is 29.0. The maximum Gasteiger partial charge on any atom is 0.262 e.